The number of nitrogens with one attached hydrogen (secondary N) is 1. The molecule has 0 amide bonds. The third-order valence-electron chi connectivity index (χ3n) is 3.31. The molecule has 0 aliphatic heterocycles. The van der Waals surface area contributed by atoms with Gasteiger partial charge in [-0.2, -0.15) is 0 Å². The summed E-state index contributed by atoms with van der Waals surface area (Å²) in [5.41, 5.74) is 1.10. The first-order valence-electron chi connectivity index (χ1n) is 7.73. The smallest absolute Gasteiger partial charge is 0.138 e. The molecule has 0 radical (unpaired) electrons. The number of rotatable bonds is 6. The summed E-state index contributed by atoms with van der Waals surface area (Å²) in [6.45, 7) is 18.0. The summed E-state index contributed by atoms with van der Waals surface area (Å²) in [5, 5.41) is 3.37. The van der Waals surface area contributed by atoms with Gasteiger partial charge >= 0.3 is 0 Å². The predicted molar refractivity (Wildman–Crippen MR) is 87.8 cm³/mol. The van der Waals surface area contributed by atoms with Crippen LogP contribution in [-0.4, -0.2) is 29.6 Å². The van der Waals surface area contributed by atoms with E-state index in [9.17, 15) is 0 Å². The Bertz CT molecular complexity index is 435. The van der Waals surface area contributed by atoms with E-state index in [2.05, 4.69) is 58.7 Å². The molecule has 0 aliphatic carbocycles. The van der Waals surface area contributed by atoms with Crippen LogP contribution in [-0.2, 0) is 5.41 Å². The van der Waals surface area contributed by atoms with E-state index in [1.54, 1.807) is 0 Å². The summed E-state index contributed by atoms with van der Waals surface area (Å²) in [4.78, 5) is 11.9. The monoisotopic (exact) mass is 278 g/mol. The minimum absolute atomic E-state index is 0.0434. The zero-order chi connectivity index (χ0) is 15.3. The topological polar surface area (TPSA) is 41.1 Å². The van der Waals surface area contributed by atoms with E-state index >= 15 is 0 Å². The summed E-state index contributed by atoms with van der Waals surface area (Å²) >= 11 is 0. The fourth-order valence-corrected chi connectivity index (χ4v) is 2.17. The van der Waals surface area contributed by atoms with Crippen LogP contribution in [0.25, 0.3) is 0 Å². The van der Waals surface area contributed by atoms with Gasteiger partial charge in [-0.1, -0.05) is 27.7 Å². The molecule has 114 valence electrons. The van der Waals surface area contributed by atoms with Crippen molar-refractivity contribution >= 4 is 11.6 Å². The molecule has 0 spiro atoms. The van der Waals surface area contributed by atoms with Crippen molar-refractivity contribution in [1.29, 1.82) is 0 Å². The van der Waals surface area contributed by atoms with Crippen molar-refractivity contribution in [3.05, 3.63) is 11.4 Å². The SMILES string of the molecule is CCCN(CC)c1nc(C(C)(C)C)nc(NCC)c1C. The van der Waals surface area contributed by atoms with Crippen LogP contribution in [0.4, 0.5) is 11.6 Å². The van der Waals surface area contributed by atoms with E-state index in [4.69, 9.17) is 9.97 Å². The van der Waals surface area contributed by atoms with Crippen LogP contribution in [0.5, 0.6) is 0 Å². The molecule has 1 heterocycles. The Kier molecular flexibility index (Phi) is 5.78. The Balaban J connectivity index is 3.36. The summed E-state index contributed by atoms with van der Waals surface area (Å²) < 4.78 is 0. The molecule has 0 saturated heterocycles. The van der Waals surface area contributed by atoms with E-state index in [1.807, 2.05) is 0 Å². The third kappa shape index (κ3) is 3.84. The standard InChI is InChI=1S/C16H30N4/c1-8-11-20(10-3)14-12(4)13(17-9-2)18-15(19-14)16(5,6)7/h8-11H2,1-7H3,(H,17,18,19). The second kappa shape index (κ2) is 6.91. The van der Waals surface area contributed by atoms with Gasteiger partial charge in [-0.25, -0.2) is 9.97 Å². The quantitative estimate of drug-likeness (QED) is 0.860. The molecule has 1 rings (SSSR count). The third-order valence-corrected chi connectivity index (χ3v) is 3.31. The molecule has 0 atom stereocenters. The minimum atomic E-state index is -0.0434. The van der Waals surface area contributed by atoms with Crippen molar-refractivity contribution in [3.8, 4) is 0 Å². The maximum atomic E-state index is 4.85. The second-order valence-corrected chi connectivity index (χ2v) is 6.20. The summed E-state index contributed by atoms with van der Waals surface area (Å²) in [5.74, 6) is 2.95. The van der Waals surface area contributed by atoms with Gasteiger partial charge in [-0.05, 0) is 27.2 Å². The molecule has 1 N–H and O–H groups in total. The van der Waals surface area contributed by atoms with Crippen molar-refractivity contribution in [2.24, 2.45) is 0 Å². The lowest BCUT2D eigenvalue weighted by molar-refractivity contribution is 0.543. The van der Waals surface area contributed by atoms with Crippen LogP contribution >= 0.6 is 0 Å². The van der Waals surface area contributed by atoms with Gasteiger partial charge in [0.15, 0.2) is 0 Å². The molecule has 1 aromatic heterocycles. The lowest BCUT2D eigenvalue weighted by atomic mass is 9.95. The Labute approximate surface area is 124 Å². The van der Waals surface area contributed by atoms with Crippen molar-refractivity contribution in [2.75, 3.05) is 29.9 Å². The van der Waals surface area contributed by atoms with Gasteiger partial charge in [0.25, 0.3) is 0 Å². The van der Waals surface area contributed by atoms with E-state index in [1.165, 1.54) is 0 Å². The summed E-state index contributed by atoms with van der Waals surface area (Å²) in [6.07, 6.45) is 1.12. The highest BCUT2D eigenvalue weighted by atomic mass is 15.2. The fraction of sp³-hybridized carbons (Fsp3) is 0.750. The maximum Gasteiger partial charge on any atom is 0.138 e. The molecule has 0 unspecified atom stereocenters. The Morgan fingerprint density at radius 3 is 2.20 bits per heavy atom. The zero-order valence-corrected chi connectivity index (χ0v) is 14.2. The van der Waals surface area contributed by atoms with E-state index < -0.39 is 0 Å². The van der Waals surface area contributed by atoms with Crippen molar-refractivity contribution in [1.82, 2.24) is 9.97 Å². The molecule has 4 heteroatoms. The van der Waals surface area contributed by atoms with Gasteiger partial charge in [-0.15, -0.1) is 0 Å². The number of hydrogen-bond acceptors (Lipinski definition) is 4. The van der Waals surface area contributed by atoms with Crippen molar-refractivity contribution < 1.29 is 0 Å². The Morgan fingerprint density at radius 1 is 1.10 bits per heavy atom. The first-order valence-corrected chi connectivity index (χ1v) is 7.73. The number of nitrogens with zero attached hydrogens (tertiary/aromatic N) is 3. The van der Waals surface area contributed by atoms with Gasteiger partial charge in [0.2, 0.25) is 0 Å². The van der Waals surface area contributed by atoms with Crippen LogP contribution in [0, 0.1) is 6.92 Å². The minimum Gasteiger partial charge on any atom is -0.370 e. The average molecular weight is 278 g/mol. The second-order valence-electron chi connectivity index (χ2n) is 6.20. The number of anilines is 2. The van der Waals surface area contributed by atoms with Gasteiger partial charge in [0.1, 0.15) is 17.5 Å². The highest BCUT2D eigenvalue weighted by Crippen LogP contribution is 2.28. The molecule has 4 nitrogen and oxygen atoms in total. The summed E-state index contributed by atoms with van der Waals surface area (Å²) in [7, 11) is 0. The van der Waals surface area contributed by atoms with E-state index in [0.717, 1.165) is 49.1 Å². The molecular weight excluding hydrogens is 248 g/mol. The largest absolute Gasteiger partial charge is 0.370 e. The lowest BCUT2D eigenvalue weighted by Gasteiger charge is -2.27. The van der Waals surface area contributed by atoms with Crippen molar-refractivity contribution in [2.45, 2.75) is 60.3 Å². The van der Waals surface area contributed by atoms with Crippen LogP contribution in [0.15, 0.2) is 0 Å². The Morgan fingerprint density at radius 2 is 1.75 bits per heavy atom. The first kappa shape index (κ1) is 16.7. The number of hydrogen-bond donors (Lipinski definition) is 1. The first-order chi connectivity index (χ1) is 9.35. The highest BCUT2D eigenvalue weighted by molar-refractivity contribution is 5.59. The van der Waals surface area contributed by atoms with Gasteiger partial charge in [0.05, 0.1) is 0 Å². The molecule has 0 fully saturated rings. The molecule has 0 aliphatic rings. The van der Waals surface area contributed by atoms with Gasteiger partial charge < -0.3 is 10.2 Å². The molecule has 0 bridgehead atoms. The van der Waals surface area contributed by atoms with E-state index in [0.29, 0.717) is 0 Å². The zero-order valence-electron chi connectivity index (χ0n) is 14.2. The summed E-state index contributed by atoms with van der Waals surface area (Å²) in [6, 6.07) is 0. The molecule has 20 heavy (non-hydrogen) atoms. The van der Waals surface area contributed by atoms with Crippen molar-refractivity contribution in [3.63, 3.8) is 0 Å². The van der Waals surface area contributed by atoms with Crippen LogP contribution in [0.2, 0.25) is 0 Å². The maximum absolute atomic E-state index is 4.85. The fourth-order valence-electron chi connectivity index (χ4n) is 2.17. The van der Waals surface area contributed by atoms with Crippen LogP contribution in [0.1, 0.15) is 59.4 Å². The normalized spacial score (nSPS) is 11.6. The Hall–Kier alpha value is -1.32. The molecule has 0 saturated carbocycles. The average Bonchev–Trinajstić information content (AvgIpc) is 2.37. The van der Waals surface area contributed by atoms with Crippen LogP contribution < -0.4 is 10.2 Å². The number of aromatic nitrogens is 2. The highest BCUT2D eigenvalue weighted by Gasteiger charge is 2.22. The van der Waals surface area contributed by atoms with Crippen LogP contribution in [0.3, 0.4) is 0 Å². The molecule has 0 aromatic carbocycles. The van der Waals surface area contributed by atoms with E-state index in [-0.39, 0.29) is 5.41 Å². The molecule has 1 aromatic rings. The van der Waals surface area contributed by atoms with Gasteiger partial charge in [-0.3, -0.25) is 0 Å². The lowest BCUT2D eigenvalue weighted by Crippen LogP contribution is -2.28. The van der Waals surface area contributed by atoms with Gasteiger partial charge in [0, 0.05) is 30.6 Å². The molecular formula is C16H30N4. The predicted octanol–water partition coefficient (Wildman–Crippen LogP) is 3.75.